The molecule has 0 spiro atoms. The second kappa shape index (κ2) is 5.70. The Morgan fingerprint density at radius 3 is 2.65 bits per heavy atom. The molecule has 0 aromatic rings. The molecule has 0 N–H and O–H groups in total. The number of carbonyl (C=O) groups is 1. The summed E-state index contributed by atoms with van der Waals surface area (Å²) < 4.78 is 5.47. The van der Waals surface area contributed by atoms with E-state index in [1.807, 2.05) is 0 Å². The van der Waals surface area contributed by atoms with Gasteiger partial charge in [0, 0.05) is 12.8 Å². The van der Waals surface area contributed by atoms with E-state index in [4.69, 9.17) is 4.74 Å². The van der Waals surface area contributed by atoms with Crippen LogP contribution in [0, 0.1) is 11.3 Å². The van der Waals surface area contributed by atoms with Crippen LogP contribution in [0.15, 0.2) is 11.6 Å². The largest absolute Gasteiger partial charge is 0.462 e. The standard InChI is InChI=1S/C15H26O2/c1-6-13(7-2)15(5)10-8-9-14(11(15)3)17-12(4)16/h6,11,14H,7-10H2,1-5H3/b13-6+. The third-order valence-corrected chi connectivity index (χ3v) is 4.53. The van der Waals surface area contributed by atoms with Crippen LogP contribution >= 0.6 is 0 Å². The Morgan fingerprint density at radius 1 is 1.53 bits per heavy atom. The van der Waals surface area contributed by atoms with Gasteiger partial charge in [0.05, 0.1) is 0 Å². The molecular weight excluding hydrogens is 212 g/mol. The number of carbonyl (C=O) groups excluding carboxylic acids is 1. The molecule has 0 aromatic carbocycles. The van der Waals surface area contributed by atoms with Crippen molar-refractivity contribution >= 4 is 5.97 Å². The molecule has 0 saturated heterocycles. The molecule has 3 unspecified atom stereocenters. The van der Waals surface area contributed by atoms with Crippen molar-refractivity contribution in [3.8, 4) is 0 Å². The van der Waals surface area contributed by atoms with Gasteiger partial charge in [-0.1, -0.05) is 32.4 Å². The fourth-order valence-electron chi connectivity index (χ4n) is 3.32. The van der Waals surface area contributed by atoms with E-state index in [1.54, 1.807) is 0 Å². The average Bonchev–Trinajstić information content (AvgIpc) is 2.26. The predicted molar refractivity (Wildman–Crippen MR) is 70.7 cm³/mol. The maximum atomic E-state index is 11.1. The second-order valence-electron chi connectivity index (χ2n) is 5.41. The average molecular weight is 238 g/mol. The smallest absolute Gasteiger partial charge is 0.302 e. The van der Waals surface area contributed by atoms with Gasteiger partial charge in [0.2, 0.25) is 0 Å². The molecule has 1 saturated carbocycles. The summed E-state index contributed by atoms with van der Waals surface area (Å²) in [6, 6.07) is 0. The molecule has 0 aromatic heterocycles. The van der Waals surface area contributed by atoms with Crippen LogP contribution in [-0.4, -0.2) is 12.1 Å². The molecule has 17 heavy (non-hydrogen) atoms. The summed E-state index contributed by atoms with van der Waals surface area (Å²) in [4.78, 5) is 11.1. The molecule has 1 fully saturated rings. The first-order valence-corrected chi connectivity index (χ1v) is 6.78. The summed E-state index contributed by atoms with van der Waals surface area (Å²) in [7, 11) is 0. The molecule has 0 radical (unpaired) electrons. The third-order valence-electron chi connectivity index (χ3n) is 4.53. The van der Waals surface area contributed by atoms with Crippen molar-refractivity contribution in [2.75, 3.05) is 0 Å². The maximum absolute atomic E-state index is 11.1. The fraction of sp³-hybridized carbons (Fsp3) is 0.800. The van der Waals surface area contributed by atoms with Gasteiger partial charge in [-0.3, -0.25) is 4.79 Å². The van der Waals surface area contributed by atoms with E-state index in [2.05, 4.69) is 33.8 Å². The highest BCUT2D eigenvalue weighted by atomic mass is 16.5. The van der Waals surface area contributed by atoms with E-state index in [-0.39, 0.29) is 17.5 Å². The first kappa shape index (κ1) is 14.3. The van der Waals surface area contributed by atoms with E-state index in [9.17, 15) is 4.79 Å². The van der Waals surface area contributed by atoms with Crippen molar-refractivity contribution in [1.82, 2.24) is 0 Å². The zero-order valence-corrected chi connectivity index (χ0v) is 11.9. The van der Waals surface area contributed by atoms with Gasteiger partial charge in [0.25, 0.3) is 0 Å². The lowest BCUT2D eigenvalue weighted by Gasteiger charge is -2.45. The number of ether oxygens (including phenoxy) is 1. The van der Waals surface area contributed by atoms with Crippen molar-refractivity contribution in [1.29, 1.82) is 0 Å². The van der Waals surface area contributed by atoms with Crippen LogP contribution in [0.4, 0.5) is 0 Å². The van der Waals surface area contributed by atoms with Gasteiger partial charge < -0.3 is 4.74 Å². The SMILES string of the molecule is C/C=C(\CC)C1(C)CCCC(OC(C)=O)C1C. The van der Waals surface area contributed by atoms with Gasteiger partial charge in [-0.2, -0.15) is 0 Å². The summed E-state index contributed by atoms with van der Waals surface area (Å²) >= 11 is 0. The maximum Gasteiger partial charge on any atom is 0.302 e. The van der Waals surface area contributed by atoms with Crippen LogP contribution in [0.5, 0.6) is 0 Å². The van der Waals surface area contributed by atoms with Crippen molar-refractivity contribution in [3.63, 3.8) is 0 Å². The molecule has 1 rings (SSSR count). The molecule has 3 atom stereocenters. The summed E-state index contributed by atoms with van der Waals surface area (Å²) in [6.07, 6.45) is 6.79. The monoisotopic (exact) mass is 238 g/mol. The van der Waals surface area contributed by atoms with E-state index >= 15 is 0 Å². The highest BCUT2D eigenvalue weighted by Crippen LogP contribution is 2.48. The molecule has 98 valence electrons. The minimum atomic E-state index is -0.148. The van der Waals surface area contributed by atoms with Crippen LogP contribution in [0.1, 0.15) is 60.3 Å². The molecule has 2 nitrogen and oxygen atoms in total. The second-order valence-corrected chi connectivity index (χ2v) is 5.41. The number of hydrogen-bond acceptors (Lipinski definition) is 2. The molecule has 1 aliphatic rings. The Labute approximate surface area is 105 Å². The summed E-state index contributed by atoms with van der Waals surface area (Å²) in [6.45, 7) is 10.4. The van der Waals surface area contributed by atoms with Crippen molar-refractivity contribution in [2.24, 2.45) is 11.3 Å². The van der Waals surface area contributed by atoms with Crippen LogP contribution in [0.2, 0.25) is 0 Å². The normalized spacial score (nSPS) is 34.5. The topological polar surface area (TPSA) is 26.3 Å². The minimum absolute atomic E-state index is 0.0905. The lowest BCUT2D eigenvalue weighted by molar-refractivity contribution is -0.153. The number of allylic oxidation sites excluding steroid dienone is 2. The summed E-state index contributed by atoms with van der Waals surface area (Å²) in [5.74, 6) is 0.260. The Hall–Kier alpha value is -0.790. The van der Waals surface area contributed by atoms with Crippen LogP contribution in [0.3, 0.4) is 0 Å². The third kappa shape index (κ3) is 2.91. The molecule has 0 aliphatic heterocycles. The molecule has 1 aliphatic carbocycles. The summed E-state index contributed by atoms with van der Waals surface area (Å²) in [5.41, 5.74) is 1.70. The minimum Gasteiger partial charge on any atom is -0.462 e. The fourth-order valence-corrected chi connectivity index (χ4v) is 3.32. The highest BCUT2D eigenvalue weighted by Gasteiger charge is 2.42. The van der Waals surface area contributed by atoms with E-state index < -0.39 is 0 Å². The van der Waals surface area contributed by atoms with Gasteiger partial charge in [-0.25, -0.2) is 0 Å². The van der Waals surface area contributed by atoms with E-state index in [0.29, 0.717) is 5.92 Å². The molecule has 0 amide bonds. The van der Waals surface area contributed by atoms with Gasteiger partial charge in [-0.15, -0.1) is 0 Å². The van der Waals surface area contributed by atoms with Crippen LogP contribution in [-0.2, 0) is 9.53 Å². The lowest BCUT2D eigenvalue weighted by Crippen LogP contribution is -2.41. The quantitative estimate of drug-likeness (QED) is 0.546. The Bertz CT molecular complexity index is 306. The first-order valence-electron chi connectivity index (χ1n) is 6.78. The van der Waals surface area contributed by atoms with Crippen LogP contribution in [0.25, 0.3) is 0 Å². The highest BCUT2D eigenvalue weighted by molar-refractivity contribution is 5.66. The predicted octanol–water partition coefficient (Wildman–Crippen LogP) is 4.10. The summed E-state index contributed by atoms with van der Waals surface area (Å²) in [5, 5.41) is 0. The van der Waals surface area contributed by atoms with Gasteiger partial charge in [0.15, 0.2) is 0 Å². The Morgan fingerprint density at radius 2 is 2.18 bits per heavy atom. The van der Waals surface area contributed by atoms with Crippen molar-refractivity contribution in [3.05, 3.63) is 11.6 Å². The number of esters is 1. The van der Waals surface area contributed by atoms with Crippen LogP contribution < -0.4 is 0 Å². The van der Waals surface area contributed by atoms with Gasteiger partial charge >= 0.3 is 5.97 Å². The molecule has 2 heteroatoms. The number of hydrogen-bond donors (Lipinski definition) is 0. The van der Waals surface area contributed by atoms with Gasteiger partial charge in [0.1, 0.15) is 6.10 Å². The zero-order valence-electron chi connectivity index (χ0n) is 11.9. The molecule has 0 heterocycles. The van der Waals surface area contributed by atoms with E-state index in [0.717, 1.165) is 19.3 Å². The molecule has 0 bridgehead atoms. The number of rotatable bonds is 3. The van der Waals surface area contributed by atoms with Gasteiger partial charge in [-0.05, 0) is 38.0 Å². The van der Waals surface area contributed by atoms with E-state index in [1.165, 1.54) is 18.9 Å². The molecular formula is C15H26O2. The van der Waals surface area contributed by atoms with Crippen molar-refractivity contribution in [2.45, 2.75) is 66.4 Å². The first-order chi connectivity index (χ1) is 7.95. The van der Waals surface area contributed by atoms with Crippen molar-refractivity contribution < 1.29 is 9.53 Å². The Kier molecular flexibility index (Phi) is 4.79. The zero-order chi connectivity index (χ0) is 13.1. The Balaban J connectivity index is 2.89. The lowest BCUT2D eigenvalue weighted by atomic mass is 9.62.